The molecule has 1 aromatic rings. The second-order valence-corrected chi connectivity index (χ2v) is 4.02. The zero-order valence-corrected chi connectivity index (χ0v) is 10.9. The van der Waals surface area contributed by atoms with E-state index in [-0.39, 0.29) is 13.2 Å². The lowest BCUT2D eigenvalue weighted by Gasteiger charge is -2.14. The van der Waals surface area contributed by atoms with Gasteiger partial charge in [0, 0.05) is 0 Å². The topological polar surface area (TPSA) is 108 Å². The van der Waals surface area contributed by atoms with E-state index in [9.17, 15) is 19.5 Å². The Balaban J connectivity index is 2.23. The summed E-state index contributed by atoms with van der Waals surface area (Å²) in [6.45, 7) is 0.982. The number of amides is 2. The number of hydrogen-bond donors (Lipinski definition) is 2. The van der Waals surface area contributed by atoms with Gasteiger partial charge < -0.3 is 25.3 Å². The van der Waals surface area contributed by atoms with Gasteiger partial charge in [-0.15, -0.1) is 0 Å². The molecule has 7 nitrogen and oxygen atoms in total. The number of aliphatic carboxylic acids is 1. The normalized spacial score (nSPS) is 11.2. The maximum Gasteiger partial charge on any atom is 0.407 e. The van der Waals surface area contributed by atoms with Gasteiger partial charge in [0.25, 0.3) is 0 Å². The van der Waals surface area contributed by atoms with Crippen LogP contribution in [0.1, 0.15) is 12.5 Å². The molecule has 1 rings (SSSR count). The van der Waals surface area contributed by atoms with Crippen molar-refractivity contribution < 1.29 is 24.2 Å². The first-order chi connectivity index (χ1) is 9.49. The minimum atomic E-state index is -1.40. The van der Waals surface area contributed by atoms with Crippen LogP contribution in [-0.2, 0) is 20.9 Å². The quantitative estimate of drug-likeness (QED) is 0.706. The highest BCUT2D eigenvalue weighted by molar-refractivity contribution is 5.85. The van der Waals surface area contributed by atoms with Gasteiger partial charge in [-0.2, -0.15) is 0 Å². The van der Waals surface area contributed by atoms with Crippen molar-refractivity contribution in [3.8, 4) is 0 Å². The molecule has 2 N–H and O–H groups in total. The Morgan fingerprint density at radius 3 is 2.50 bits per heavy atom. The van der Waals surface area contributed by atoms with Crippen LogP contribution in [0, 0.1) is 0 Å². The van der Waals surface area contributed by atoms with E-state index in [1.807, 2.05) is 18.2 Å². The Kier molecular flexibility index (Phi) is 6.02. The predicted molar refractivity (Wildman–Crippen MR) is 67.2 cm³/mol. The highest BCUT2D eigenvalue weighted by Gasteiger charge is 2.10. The van der Waals surface area contributed by atoms with Gasteiger partial charge in [0.2, 0.25) is 5.91 Å². The lowest BCUT2D eigenvalue weighted by atomic mass is 10.2. The summed E-state index contributed by atoms with van der Waals surface area (Å²) in [6.07, 6.45) is -0.759. The molecule has 0 saturated carbocycles. The first-order valence-corrected chi connectivity index (χ1v) is 5.94. The smallest absolute Gasteiger partial charge is 0.407 e. The molecule has 0 aliphatic heterocycles. The third-order valence-electron chi connectivity index (χ3n) is 2.34. The molecule has 0 aromatic heterocycles. The van der Waals surface area contributed by atoms with Crippen LogP contribution in [-0.4, -0.2) is 30.6 Å². The van der Waals surface area contributed by atoms with Crippen LogP contribution in [0.4, 0.5) is 4.79 Å². The van der Waals surface area contributed by atoms with E-state index in [4.69, 9.17) is 4.74 Å². The summed E-state index contributed by atoms with van der Waals surface area (Å²) in [6, 6.07) is 7.93. The number of hydrogen-bond acceptors (Lipinski definition) is 5. The van der Waals surface area contributed by atoms with E-state index in [1.165, 1.54) is 6.92 Å². The van der Waals surface area contributed by atoms with E-state index in [1.54, 1.807) is 12.1 Å². The minimum absolute atomic E-state index is 0.0870. The van der Waals surface area contributed by atoms with Gasteiger partial charge in [-0.05, 0) is 12.5 Å². The van der Waals surface area contributed by atoms with Gasteiger partial charge in [0.15, 0.2) is 0 Å². The summed E-state index contributed by atoms with van der Waals surface area (Å²) in [7, 11) is 0. The van der Waals surface area contributed by atoms with Crippen LogP contribution < -0.4 is 15.7 Å². The number of carboxylic acids is 1. The Bertz CT molecular complexity index is 475. The van der Waals surface area contributed by atoms with Gasteiger partial charge in [0.05, 0.1) is 12.0 Å². The van der Waals surface area contributed by atoms with Crippen LogP contribution in [0.3, 0.4) is 0 Å². The summed E-state index contributed by atoms with van der Waals surface area (Å²) in [5, 5.41) is 14.7. The van der Waals surface area contributed by atoms with E-state index in [0.717, 1.165) is 5.56 Å². The molecule has 0 aliphatic rings. The molecule has 7 heteroatoms. The number of carbonyl (C=O) groups is 3. The first kappa shape index (κ1) is 15.5. The van der Waals surface area contributed by atoms with Crippen molar-refractivity contribution >= 4 is 18.0 Å². The first-order valence-electron chi connectivity index (χ1n) is 5.94. The maximum atomic E-state index is 11.3. The standard InChI is InChI=1S/C13H16N2O5/c1-9(12(17)18)15-11(16)7-14-13(19)20-8-10-5-3-2-4-6-10/h2-6,9H,7-8H2,1H3,(H,14,19)(H,15,16)(H,17,18)/p-1/t9-/m0/s1. The Labute approximate surface area is 115 Å². The van der Waals surface area contributed by atoms with Crippen molar-refractivity contribution in [1.29, 1.82) is 0 Å². The maximum absolute atomic E-state index is 11.3. The van der Waals surface area contributed by atoms with Gasteiger partial charge in [0.1, 0.15) is 13.2 Å². The molecular formula is C13H15N2O5-. The summed E-state index contributed by atoms with van der Waals surface area (Å²) in [5.74, 6) is -2.04. The number of benzene rings is 1. The molecule has 0 radical (unpaired) electrons. The van der Waals surface area contributed by atoms with E-state index in [0.29, 0.717) is 0 Å². The highest BCUT2D eigenvalue weighted by Crippen LogP contribution is 2.00. The molecule has 108 valence electrons. The Hall–Kier alpha value is -2.57. The fourth-order valence-electron chi connectivity index (χ4n) is 1.28. The summed E-state index contributed by atoms with van der Waals surface area (Å²) in [5.41, 5.74) is 0.817. The molecule has 0 bridgehead atoms. The van der Waals surface area contributed by atoms with Gasteiger partial charge >= 0.3 is 6.09 Å². The number of rotatable bonds is 6. The molecule has 0 unspecified atom stereocenters. The third-order valence-corrected chi connectivity index (χ3v) is 2.34. The van der Waals surface area contributed by atoms with Gasteiger partial charge in [-0.25, -0.2) is 4.79 Å². The number of ether oxygens (including phenoxy) is 1. The molecule has 20 heavy (non-hydrogen) atoms. The molecule has 0 aliphatic carbocycles. The van der Waals surface area contributed by atoms with Crippen molar-refractivity contribution in [1.82, 2.24) is 10.6 Å². The zero-order valence-electron chi connectivity index (χ0n) is 10.9. The van der Waals surface area contributed by atoms with Gasteiger partial charge in [-0.1, -0.05) is 30.3 Å². The van der Waals surface area contributed by atoms with Crippen LogP contribution >= 0.6 is 0 Å². The molecular weight excluding hydrogens is 264 g/mol. The van der Waals surface area contributed by atoms with Crippen molar-refractivity contribution in [2.45, 2.75) is 19.6 Å². The zero-order chi connectivity index (χ0) is 15.0. The predicted octanol–water partition coefficient (Wildman–Crippen LogP) is -0.833. The SMILES string of the molecule is C[C@H](NC(=O)CNC(=O)OCc1ccccc1)C(=O)[O-]. The summed E-state index contributed by atoms with van der Waals surface area (Å²) < 4.78 is 4.87. The number of alkyl carbamates (subject to hydrolysis) is 1. The van der Waals surface area contributed by atoms with Crippen LogP contribution in [0.2, 0.25) is 0 Å². The molecule has 0 spiro atoms. The van der Waals surface area contributed by atoms with Crippen molar-refractivity contribution in [3.63, 3.8) is 0 Å². The average Bonchev–Trinajstić information content (AvgIpc) is 2.43. The monoisotopic (exact) mass is 279 g/mol. The van der Waals surface area contributed by atoms with Crippen LogP contribution in [0.15, 0.2) is 30.3 Å². The van der Waals surface area contributed by atoms with Crippen molar-refractivity contribution in [2.24, 2.45) is 0 Å². The Morgan fingerprint density at radius 1 is 1.25 bits per heavy atom. The molecule has 2 amide bonds. The fourth-order valence-corrected chi connectivity index (χ4v) is 1.28. The Morgan fingerprint density at radius 2 is 1.90 bits per heavy atom. The summed E-state index contributed by atoms with van der Waals surface area (Å²) >= 11 is 0. The minimum Gasteiger partial charge on any atom is -0.548 e. The average molecular weight is 279 g/mol. The second-order valence-electron chi connectivity index (χ2n) is 4.02. The van der Waals surface area contributed by atoms with E-state index >= 15 is 0 Å². The van der Waals surface area contributed by atoms with E-state index in [2.05, 4.69) is 10.6 Å². The van der Waals surface area contributed by atoms with Crippen LogP contribution in [0.5, 0.6) is 0 Å². The largest absolute Gasteiger partial charge is 0.548 e. The lowest BCUT2D eigenvalue weighted by Crippen LogP contribution is -2.48. The molecule has 0 heterocycles. The second kappa shape index (κ2) is 7.78. The number of carbonyl (C=O) groups excluding carboxylic acids is 3. The highest BCUT2D eigenvalue weighted by atomic mass is 16.5. The molecule has 1 atom stereocenters. The van der Waals surface area contributed by atoms with Crippen LogP contribution in [0.25, 0.3) is 0 Å². The summed E-state index contributed by atoms with van der Waals surface area (Å²) in [4.78, 5) is 33.0. The van der Waals surface area contributed by atoms with Gasteiger partial charge in [-0.3, -0.25) is 4.79 Å². The fraction of sp³-hybridized carbons (Fsp3) is 0.308. The van der Waals surface area contributed by atoms with E-state index < -0.39 is 24.0 Å². The molecule has 1 aromatic carbocycles. The molecule has 0 fully saturated rings. The number of nitrogens with one attached hydrogen (secondary N) is 2. The van der Waals surface area contributed by atoms with Crippen molar-refractivity contribution in [2.75, 3.05) is 6.54 Å². The van der Waals surface area contributed by atoms with Crippen molar-refractivity contribution in [3.05, 3.63) is 35.9 Å². The lowest BCUT2D eigenvalue weighted by molar-refractivity contribution is -0.307. The third kappa shape index (κ3) is 5.85. The molecule has 0 saturated heterocycles. The number of carboxylic acid groups (broad SMARTS) is 1.